The molecule has 3 nitrogen and oxygen atoms in total. The van der Waals surface area contributed by atoms with Crippen molar-refractivity contribution in [2.24, 2.45) is 5.73 Å². The smallest absolute Gasteiger partial charge is 0.404 e. The van der Waals surface area contributed by atoms with Crippen LogP contribution in [0.25, 0.3) is 6.08 Å². The number of hydrogen-bond acceptors (Lipinski definition) is 2. The molecule has 68 valence electrons. The lowest BCUT2D eigenvalue weighted by atomic mass is 10.2. The van der Waals surface area contributed by atoms with Crippen LogP contribution < -0.4 is 5.73 Å². The lowest BCUT2D eigenvalue weighted by molar-refractivity contribution is 0.169. The second-order valence-corrected chi connectivity index (χ2v) is 2.44. The molecule has 1 amide bonds. The fourth-order valence-electron chi connectivity index (χ4n) is 0.879. The van der Waals surface area contributed by atoms with E-state index in [1.165, 1.54) is 0 Å². The molecule has 1 rings (SSSR count). The topological polar surface area (TPSA) is 52.3 Å². The van der Waals surface area contributed by atoms with E-state index in [1.54, 1.807) is 6.08 Å². The molecule has 0 heterocycles. The molecule has 1 aromatic rings. The Morgan fingerprint density at radius 2 is 2.08 bits per heavy atom. The van der Waals surface area contributed by atoms with Crippen molar-refractivity contribution in [3.05, 3.63) is 42.0 Å². The van der Waals surface area contributed by atoms with Gasteiger partial charge in [0, 0.05) is 0 Å². The molecule has 1 aromatic carbocycles. The summed E-state index contributed by atoms with van der Waals surface area (Å²) in [5.41, 5.74) is 5.84. The third-order valence-electron chi connectivity index (χ3n) is 1.43. The van der Waals surface area contributed by atoms with Gasteiger partial charge >= 0.3 is 6.09 Å². The van der Waals surface area contributed by atoms with E-state index in [0.717, 1.165) is 5.56 Å². The normalized spacial score (nSPS) is 10.2. The van der Waals surface area contributed by atoms with Gasteiger partial charge in [-0.2, -0.15) is 0 Å². The minimum Gasteiger partial charge on any atom is -0.445 e. The zero-order chi connectivity index (χ0) is 9.52. The molecule has 3 heteroatoms. The molecular weight excluding hydrogens is 166 g/mol. The predicted octanol–water partition coefficient (Wildman–Crippen LogP) is 1.80. The zero-order valence-electron chi connectivity index (χ0n) is 7.14. The van der Waals surface area contributed by atoms with Gasteiger partial charge in [0.15, 0.2) is 0 Å². The standard InChI is InChI=1S/C10H11NO2/c11-10(12)13-8-4-7-9-5-2-1-3-6-9/h1-7H,8H2,(H2,11,12). The van der Waals surface area contributed by atoms with Crippen LogP contribution in [0.5, 0.6) is 0 Å². The lowest BCUT2D eigenvalue weighted by Gasteiger charge is -1.94. The van der Waals surface area contributed by atoms with E-state index < -0.39 is 6.09 Å². The zero-order valence-corrected chi connectivity index (χ0v) is 7.14. The summed E-state index contributed by atoms with van der Waals surface area (Å²) in [5.74, 6) is 0. The number of benzene rings is 1. The second kappa shape index (κ2) is 4.98. The molecule has 0 radical (unpaired) electrons. The van der Waals surface area contributed by atoms with Crippen LogP contribution >= 0.6 is 0 Å². The summed E-state index contributed by atoms with van der Waals surface area (Å²) in [6.07, 6.45) is 2.85. The van der Waals surface area contributed by atoms with Gasteiger partial charge in [-0.05, 0) is 11.6 Å². The van der Waals surface area contributed by atoms with Gasteiger partial charge < -0.3 is 10.5 Å². The van der Waals surface area contributed by atoms with Crippen LogP contribution in [0.3, 0.4) is 0 Å². The molecule has 0 fully saturated rings. The molecule has 0 saturated heterocycles. The Morgan fingerprint density at radius 3 is 2.69 bits per heavy atom. The number of carbonyl (C=O) groups excluding carboxylic acids is 1. The first-order chi connectivity index (χ1) is 6.29. The first-order valence-corrected chi connectivity index (χ1v) is 3.93. The van der Waals surface area contributed by atoms with E-state index in [2.05, 4.69) is 4.74 Å². The Morgan fingerprint density at radius 1 is 1.38 bits per heavy atom. The van der Waals surface area contributed by atoms with Crippen LogP contribution in [0.1, 0.15) is 5.56 Å². The van der Waals surface area contributed by atoms with Crippen molar-refractivity contribution < 1.29 is 9.53 Å². The number of hydrogen-bond donors (Lipinski definition) is 1. The summed E-state index contributed by atoms with van der Waals surface area (Å²) < 4.78 is 4.52. The maximum Gasteiger partial charge on any atom is 0.404 e. The van der Waals surface area contributed by atoms with Crippen LogP contribution in [0.15, 0.2) is 36.4 Å². The molecule has 0 bridgehead atoms. The molecule has 0 aliphatic heterocycles. The van der Waals surface area contributed by atoms with E-state index in [1.807, 2.05) is 36.4 Å². The predicted molar refractivity (Wildman–Crippen MR) is 51.0 cm³/mol. The summed E-state index contributed by atoms with van der Waals surface area (Å²) in [7, 11) is 0. The monoisotopic (exact) mass is 177 g/mol. The highest BCUT2D eigenvalue weighted by Gasteiger charge is 1.87. The van der Waals surface area contributed by atoms with Crippen LogP contribution in [-0.2, 0) is 4.74 Å². The van der Waals surface area contributed by atoms with Crippen LogP contribution in [0.2, 0.25) is 0 Å². The highest BCUT2D eigenvalue weighted by Crippen LogP contribution is 2.00. The van der Waals surface area contributed by atoms with Crippen LogP contribution in [0, 0.1) is 0 Å². The van der Waals surface area contributed by atoms with Crippen molar-refractivity contribution in [2.75, 3.05) is 6.61 Å². The first kappa shape index (κ1) is 9.32. The summed E-state index contributed by atoms with van der Waals surface area (Å²) in [4.78, 5) is 10.2. The van der Waals surface area contributed by atoms with Crippen LogP contribution in [0.4, 0.5) is 4.79 Å². The molecule has 0 atom stereocenters. The van der Waals surface area contributed by atoms with E-state index >= 15 is 0 Å². The highest BCUT2D eigenvalue weighted by atomic mass is 16.5. The molecule has 0 aliphatic rings. The Kier molecular flexibility index (Phi) is 3.57. The average Bonchev–Trinajstić information content (AvgIpc) is 2.14. The molecule has 0 spiro atoms. The maximum absolute atomic E-state index is 10.2. The third kappa shape index (κ3) is 3.96. The Hall–Kier alpha value is -1.77. The number of carbonyl (C=O) groups is 1. The van der Waals surface area contributed by atoms with E-state index in [-0.39, 0.29) is 6.61 Å². The van der Waals surface area contributed by atoms with Gasteiger partial charge in [-0.15, -0.1) is 0 Å². The molecule has 0 saturated carbocycles. The Labute approximate surface area is 76.8 Å². The highest BCUT2D eigenvalue weighted by molar-refractivity contribution is 5.64. The summed E-state index contributed by atoms with van der Waals surface area (Å²) in [6.45, 7) is 0.213. The Bertz CT molecular complexity index is 293. The summed E-state index contributed by atoms with van der Waals surface area (Å²) >= 11 is 0. The van der Waals surface area contributed by atoms with Crippen molar-refractivity contribution in [3.63, 3.8) is 0 Å². The number of amides is 1. The van der Waals surface area contributed by atoms with Gasteiger partial charge in [-0.1, -0.05) is 36.4 Å². The summed E-state index contributed by atoms with van der Waals surface area (Å²) in [5, 5.41) is 0. The lowest BCUT2D eigenvalue weighted by Crippen LogP contribution is -2.12. The van der Waals surface area contributed by atoms with Crippen LogP contribution in [-0.4, -0.2) is 12.7 Å². The van der Waals surface area contributed by atoms with Crippen molar-refractivity contribution >= 4 is 12.2 Å². The molecule has 13 heavy (non-hydrogen) atoms. The van der Waals surface area contributed by atoms with Crippen molar-refractivity contribution in [1.82, 2.24) is 0 Å². The van der Waals surface area contributed by atoms with Crippen molar-refractivity contribution in [3.8, 4) is 0 Å². The molecule has 0 aliphatic carbocycles. The minimum absolute atomic E-state index is 0.213. The SMILES string of the molecule is NC(=O)OCC=Cc1ccccc1. The summed E-state index contributed by atoms with van der Waals surface area (Å²) in [6, 6.07) is 9.74. The molecule has 0 unspecified atom stereocenters. The van der Waals surface area contributed by atoms with Gasteiger partial charge in [0.05, 0.1) is 0 Å². The third-order valence-corrected chi connectivity index (χ3v) is 1.43. The van der Waals surface area contributed by atoms with Gasteiger partial charge in [-0.3, -0.25) is 0 Å². The van der Waals surface area contributed by atoms with E-state index in [0.29, 0.717) is 0 Å². The Balaban J connectivity index is 2.37. The van der Waals surface area contributed by atoms with Gasteiger partial charge in [-0.25, -0.2) is 4.79 Å². The fourth-order valence-corrected chi connectivity index (χ4v) is 0.879. The first-order valence-electron chi connectivity index (χ1n) is 3.93. The van der Waals surface area contributed by atoms with Gasteiger partial charge in [0.2, 0.25) is 0 Å². The largest absolute Gasteiger partial charge is 0.445 e. The number of primary amides is 1. The molecule has 2 N–H and O–H groups in total. The maximum atomic E-state index is 10.2. The van der Waals surface area contributed by atoms with Crippen molar-refractivity contribution in [2.45, 2.75) is 0 Å². The van der Waals surface area contributed by atoms with Gasteiger partial charge in [0.1, 0.15) is 6.61 Å². The number of nitrogens with two attached hydrogens (primary N) is 1. The van der Waals surface area contributed by atoms with E-state index in [9.17, 15) is 4.79 Å². The van der Waals surface area contributed by atoms with Crippen molar-refractivity contribution in [1.29, 1.82) is 0 Å². The number of ether oxygens (including phenoxy) is 1. The average molecular weight is 177 g/mol. The molecule has 0 aromatic heterocycles. The fraction of sp³-hybridized carbons (Fsp3) is 0.100. The van der Waals surface area contributed by atoms with E-state index in [4.69, 9.17) is 5.73 Å². The minimum atomic E-state index is -0.752. The quantitative estimate of drug-likeness (QED) is 0.765. The number of rotatable bonds is 3. The van der Waals surface area contributed by atoms with Gasteiger partial charge in [0.25, 0.3) is 0 Å². The second-order valence-electron chi connectivity index (χ2n) is 2.44. The molecular formula is C10H11NO2.